The Hall–Kier alpha value is -2.94. The third kappa shape index (κ3) is 6.03. The Morgan fingerprint density at radius 1 is 1.27 bits per heavy atom. The molecule has 3 N–H and O–H groups in total. The molecule has 8 nitrogen and oxygen atoms in total. The molecule has 1 aliphatic heterocycles. The molecule has 1 aliphatic rings. The third-order valence-electron chi connectivity index (χ3n) is 4.65. The maximum atomic E-state index is 12.5. The van der Waals surface area contributed by atoms with E-state index in [9.17, 15) is 9.59 Å². The number of rotatable bonds is 7. The number of benzene rings is 1. The van der Waals surface area contributed by atoms with Crippen LogP contribution in [0.15, 0.2) is 35.5 Å². The van der Waals surface area contributed by atoms with Crippen LogP contribution in [-0.2, 0) is 24.3 Å². The van der Waals surface area contributed by atoms with E-state index in [0.29, 0.717) is 31.7 Å². The van der Waals surface area contributed by atoms with E-state index in [2.05, 4.69) is 32.9 Å². The molecule has 0 spiro atoms. The Morgan fingerprint density at radius 3 is 2.73 bits per heavy atom. The number of hydrogen-bond donors (Lipinski definition) is 3. The highest BCUT2D eigenvalue weighted by molar-refractivity contribution is 7.11. The van der Waals surface area contributed by atoms with Crippen LogP contribution < -0.4 is 16.0 Å². The summed E-state index contributed by atoms with van der Waals surface area (Å²) in [6, 6.07) is 7.39. The van der Waals surface area contributed by atoms with Gasteiger partial charge < -0.3 is 20.9 Å². The smallest absolute Gasteiger partial charge is 0.254 e. The van der Waals surface area contributed by atoms with Crippen molar-refractivity contribution in [2.45, 2.75) is 33.4 Å². The first-order valence-corrected chi connectivity index (χ1v) is 11.0. The molecule has 0 radical (unpaired) electrons. The van der Waals surface area contributed by atoms with Crippen LogP contribution in [0.5, 0.6) is 0 Å². The number of aryl methyl sites for hydroxylation is 1. The average Bonchev–Trinajstić information content (AvgIpc) is 3.24. The molecule has 1 aromatic heterocycles. The number of nitrogens with zero attached hydrogens (tertiary/aromatic N) is 3. The highest BCUT2D eigenvalue weighted by atomic mass is 32.1. The second-order valence-corrected chi connectivity index (χ2v) is 8.10. The number of carbonyl (C=O) groups is 2. The van der Waals surface area contributed by atoms with Gasteiger partial charge in [-0.05, 0) is 31.0 Å². The van der Waals surface area contributed by atoms with Crippen molar-refractivity contribution in [1.29, 1.82) is 0 Å². The van der Waals surface area contributed by atoms with Crippen molar-refractivity contribution in [3.8, 4) is 0 Å². The van der Waals surface area contributed by atoms with E-state index >= 15 is 0 Å². The average molecular weight is 429 g/mol. The molecule has 160 valence electrons. The van der Waals surface area contributed by atoms with Gasteiger partial charge in [0, 0.05) is 36.3 Å². The Bertz CT molecular complexity index is 893. The van der Waals surface area contributed by atoms with Gasteiger partial charge in [0.05, 0.1) is 19.6 Å². The van der Waals surface area contributed by atoms with E-state index < -0.39 is 0 Å². The van der Waals surface area contributed by atoms with Gasteiger partial charge in [0.15, 0.2) is 5.96 Å². The van der Waals surface area contributed by atoms with Gasteiger partial charge in [-0.3, -0.25) is 9.59 Å². The van der Waals surface area contributed by atoms with Crippen molar-refractivity contribution in [1.82, 2.24) is 25.8 Å². The van der Waals surface area contributed by atoms with Gasteiger partial charge >= 0.3 is 0 Å². The predicted molar refractivity (Wildman–Crippen MR) is 119 cm³/mol. The quantitative estimate of drug-likeness (QED) is 0.459. The zero-order valence-corrected chi connectivity index (χ0v) is 18.2. The largest absolute Gasteiger partial charge is 0.357 e. The first-order chi connectivity index (χ1) is 14.6. The van der Waals surface area contributed by atoms with Crippen LogP contribution in [-0.4, -0.2) is 53.8 Å². The van der Waals surface area contributed by atoms with Crippen molar-refractivity contribution < 1.29 is 9.59 Å². The van der Waals surface area contributed by atoms with E-state index in [1.165, 1.54) is 4.88 Å². The van der Waals surface area contributed by atoms with Crippen LogP contribution in [0.2, 0.25) is 0 Å². The molecule has 9 heteroatoms. The minimum absolute atomic E-state index is 0.113. The third-order valence-corrected chi connectivity index (χ3v) is 5.79. The second-order valence-electron chi connectivity index (χ2n) is 6.90. The van der Waals surface area contributed by atoms with Gasteiger partial charge in [-0.1, -0.05) is 19.1 Å². The monoisotopic (exact) mass is 428 g/mol. The minimum atomic E-state index is -0.121. The van der Waals surface area contributed by atoms with E-state index in [4.69, 9.17) is 0 Å². The summed E-state index contributed by atoms with van der Waals surface area (Å²) in [7, 11) is 0. The lowest BCUT2D eigenvalue weighted by atomic mass is 10.1. The van der Waals surface area contributed by atoms with Crippen LogP contribution in [0, 0.1) is 0 Å². The first-order valence-electron chi connectivity index (χ1n) is 10.2. The molecule has 2 heterocycles. The number of hydrogen-bond acceptors (Lipinski definition) is 5. The Labute approximate surface area is 180 Å². The highest BCUT2D eigenvalue weighted by Crippen LogP contribution is 2.13. The zero-order valence-electron chi connectivity index (χ0n) is 17.4. The first kappa shape index (κ1) is 21.8. The fraction of sp³-hybridized carbons (Fsp3) is 0.429. The van der Waals surface area contributed by atoms with Crippen LogP contribution in [0.1, 0.15) is 39.7 Å². The Kier molecular flexibility index (Phi) is 7.78. The molecular formula is C21H28N6O2S. The van der Waals surface area contributed by atoms with Crippen molar-refractivity contribution in [2.75, 3.05) is 26.2 Å². The summed E-state index contributed by atoms with van der Waals surface area (Å²) in [5.41, 5.74) is 1.58. The molecule has 2 amide bonds. The van der Waals surface area contributed by atoms with E-state index in [1.54, 1.807) is 28.4 Å². The lowest BCUT2D eigenvalue weighted by molar-refractivity contribution is -0.123. The maximum Gasteiger partial charge on any atom is 0.254 e. The summed E-state index contributed by atoms with van der Waals surface area (Å²) in [4.78, 5) is 35.9. The van der Waals surface area contributed by atoms with Crippen LogP contribution >= 0.6 is 11.3 Å². The molecule has 0 atom stereocenters. The zero-order chi connectivity index (χ0) is 21.3. The Balaban J connectivity index is 1.57. The molecule has 0 aliphatic carbocycles. The summed E-state index contributed by atoms with van der Waals surface area (Å²) < 4.78 is 0. The summed E-state index contributed by atoms with van der Waals surface area (Å²) in [6.07, 6.45) is 2.92. The maximum absolute atomic E-state index is 12.5. The van der Waals surface area contributed by atoms with Gasteiger partial charge in [-0.15, -0.1) is 11.3 Å². The fourth-order valence-corrected chi connectivity index (χ4v) is 3.81. The van der Waals surface area contributed by atoms with Crippen molar-refractivity contribution in [2.24, 2.45) is 4.99 Å². The Morgan fingerprint density at radius 2 is 2.07 bits per heavy atom. The predicted octanol–water partition coefficient (Wildman–Crippen LogP) is 1.53. The number of guanidine groups is 1. The number of nitrogens with one attached hydrogen (secondary N) is 3. The molecule has 0 saturated carbocycles. The SMILES string of the molecule is CCNC(=NCc1ccc(C(=O)N2CCNC(=O)C2)cc1)NCc1ncc(CC)s1. The van der Waals surface area contributed by atoms with E-state index in [0.717, 1.165) is 29.5 Å². The summed E-state index contributed by atoms with van der Waals surface area (Å²) in [5.74, 6) is 0.489. The fourth-order valence-electron chi connectivity index (χ4n) is 3.01. The highest BCUT2D eigenvalue weighted by Gasteiger charge is 2.22. The van der Waals surface area contributed by atoms with Gasteiger partial charge in [0.25, 0.3) is 5.91 Å². The molecule has 2 aromatic rings. The molecule has 30 heavy (non-hydrogen) atoms. The van der Waals surface area contributed by atoms with Crippen molar-refractivity contribution in [3.05, 3.63) is 51.5 Å². The number of carbonyl (C=O) groups excluding carboxylic acids is 2. The van der Waals surface area contributed by atoms with Crippen LogP contribution in [0.4, 0.5) is 0 Å². The minimum Gasteiger partial charge on any atom is -0.357 e. The summed E-state index contributed by atoms with van der Waals surface area (Å²) in [6.45, 7) is 7.18. The molecule has 0 bridgehead atoms. The number of amides is 2. The van der Waals surface area contributed by atoms with Crippen molar-refractivity contribution in [3.63, 3.8) is 0 Å². The van der Waals surface area contributed by atoms with Crippen molar-refractivity contribution >= 4 is 29.1 Å². The molecule has 1 fully saturated rings. The summed E-state index contributed by atoms with van der Waals surface area (Å²) in [5, 5.41) is 10.3. The van der Waals surface area contributed by atoms with Gasteiger partial charge in [-0.25, -0.2) is 9.98 Å². The second kappa shape index (κ2) is 10.7. The number of aromatic nitrogens is 1. The van der Waals surface area contributed by atoms with E-state index in [-0.39, 0.29) is 18.4 Å². The number of thiazole rings is 1. The standard InChI is InChI=1S/C21H28N6O2S/c1-3-17-12-24-19(30-17)13-26-21(22-4-2)25-11-15-5-7-16(8-6-15)20(29)27-10-9-23-18(28)14-27/h5-8,12H,3-4,9-11,13-14H2,1-2H3,(H,23,28)(H2,22,25,26). The topological polar surface area (TPSA) is 98.7 Å². The number of piperazine rings is 1. The normalized spacial score (nSPS) is 14.4. The number of aliphatic imine (C=N–C) groups is 1. The lowest BCUT2D eigenvalue weighted by Gasteiger charge is -2.26. The van der Waals surface area contributed by atoms with Gasteiger partial charge in [-0.2, -0.15) is 0 Å². The lowest BCUT2D eigenvalue weighted by Crippen LogP contribution is -2.49. The van der Waals surface area contributed by atoms with Gasteiger partial charge in [0.2, 0.25) is 5.91 Å². The molecule has 0 unspecified atom stereocenters. The molecule has 1 aromatic carbocycles. The van der Waals surface area contributed by atoms with E-state index in [1.807, 2.05) is 25.3 Å². The molecular weight excluding hydrogens is 400 g/mol. The molecule has 1 saturated heterocycles. The van der Waals surface area contributed by atoms with Crippen LogP contribution in [0.25, 0.3) is 0 Å². The van der Waals surface area contributed by atoms with Gasteiger partial charge in [0.1, 0.15) is 5.01 Å². The molecule has 3 rings (SSSR count). The summed E-state index contributed by atoms with van der Waals surface area (Å²) >= 11 is 1.71. The van der Waals surface area contributed by atoms with Crippen LogP contribution in [0.3, 0.4) is 0 Å².